The Balaban J connectivity index is 1.59. The van der Waals surface area contributed by atoms with Crippen molar-refractivity contribution in [1.29, 1.82) is 0 Å². The van der Waals surface area contributed by atoms with Crippen molar-refractivity contribution in [3.8, 4) is 0 Å². The van der Waals surface area contributed by atoms with Crippen LogP contribution in [0.3, 0.4) is 0 Å². The van der Waals surface area contributed by atoms with Gasteiger partial charge in [0, 0.05) is 11.3 Å². The van der Waals surface area contributed by atoms with Gasteiger partial charge in [-0.2, -0.15) is 0 Å². The largest absolute Gasteiger partial charge is 0.353 e. The lowest BCUT2D eigenvalue weighted by atomic mass is 9.80. The van der Waals surface area contributed by atoms with Crippen LogP contribution in [-0.2, 0) is 4.79 Å². The molecule has 4 heteroatoms. The van der Waals surface area contributed by atoms with E-state index in [0.717, 1.165) is 19.0 Å². The molecule has 0 aromatic rings. The second kappa shape index (κ2) is 6.64. The molecular weight excluding hydrogens is 232 g/mol. The molecule has 2 N–H and O–H groups in total. The van der Waals surface area contributed by atoms with Gasteiger partial charge in [0.05, 0.1) is 5.75 Å². The molecule has 2 rings (SSSR count). The van der Waals surface area contributed by atoms with Crippen LogP contribution in [0.1, 0.15) is 39.0 Å². The van der Waals surface area contributed by atoms with Crippen LogP contribution in [0.4, 0.5) is 0 Å². The minimum absolute atomic E-state index is 0.230. The van der Waals surface area contributed by atoms with Crippen molar-refractivity contribution in [3.05, 3.63) is 0 Å². The minimum atomic E-state index is 0.230. The summed E-state index contributed by atoms with van der Waals surface area (Å²) in [5.41, 5.74) is 0. The number of carbonyl (C=O) groups is 1. The molecule has 1 amide bonds. The van der Waals surface area contributed by atoms with Crippen molar-refractivity contribution in [1.82, 2.24) is 10.6 Å². The molecule has 0 radical (unpaired) electrons. The van der Waals surface area contributed by atoms with Gasteiger partial charge in [0.2, 0.25) is 5.91 Å². The Morgan fingerprint density at radius 3 is 2.65 bits per heavy atom. The number of amides is 1. The van der Waals surface area contributed by atoms with E-state index in [0.29, 0.717) is 17.0 Å². The molecule has 98 valence electrons. The van der Waals surface area contributed by atoms with Crippen LogP contribution in [0.15, 0.2) is 0 Å². The molecule has 17 heavy (non-hydrogen) atoms. The third-order valence-electron chi connectivity index (χ3n) is 3.98. The predicted octanol–water partition coefficient (Wildman–Crippen LogP) is 1.78. The zero-order valence-electron chi connectivity index (χ0n) is 10.7. The van der Waals surface area contributed by atoms with Crippen molar-refractivity contribution in [2.45, 2.75) is 50.3 Å². The summed E-state index contributed by atoms with van der Waals surface area (Å²) in [5, 5.41) is 7.18. The molecule has 1 atom stereocenters. The standard InChI is InChI=1S/C13H24N2OS/c1-10(11-3-2-4-11)15-13(16)9-17-12-5-7-14-8-6-12/h10-12,14H,2-9H2,1H3,(H,15,16). The number of thioether (sulfide) groups is 1. The average molecular weight is 256 g/mol. The van der Waals surface area contributed by atoms with E-state index in [2.05, 4.69) is 17.6 Å². The Kier molecular flexibility index (Phi) is 5.16. The van der Waals surface area contributed by atoms with Crippen LogP contribution in [0, 0.1) is 5.92 Å². The highest BCUT2D eigenvalue weighted by Crippen LogP contribution is 2.29. The van der Waals surface area contributed by atoms with Gasteiger partial charge in [-0.15, -0.1) is 11.8 Å². The third kappa shape index (κ3) is 4.18. The average Bonchev–Trinajstić information content (AvgIpc) is 2.25. The maximum absolute atomic E-state index is 11.8. The molecular formula is C13H24N2OS. The van der Waals surface area contributed by atoms with Crippen LogP contribution in [-0.4, -0.2) is 36.0 Å². The quantitative estimate of drug-likeness (QED) is 0.788. The highest BCUT2D eigenvalue weighted by atomic mass is 32.2. The first-order valence-corrected chi connectivity index (χ1v) is 7.92. The van der Waals surface area contributed by atoms with Crippen molar-refractivity contribution in [3.63, 3.8) is 0 Å². The molecule has 1 heterocycles. The maximum Gasteiger partial charge on any atom is 0.230 e. The number of hydrogen-bond donors (Lipinski definition) is 2. The summed E-state index contributed by atoms with van der Waals surface area (Å²) in [7, 11) is 0. The molecule has 1 saturated heterocycles. The van der Waals surface area contributed by atoms with Crippen molar-refractivity contribution >= 4 is 17.7 Å². The molecule has 2 aliphatic rings. The van der Waals surface area contributed by atoms with Crippen LogP contribution in [0.2, 0.25) is 0 Å². The van der Waals surface area contributed by atoms with E-state index in [-0.39, 0.29) is 5.91 Å². The molecule has 2 fully saturated rings. The summed E-state index contributed by atoms with van der Waals surface area (Å²) in [4.78, 5) is 11.8. The first-order valence-electron chi connectivity index (χ1n) is 6.87. The fourth-order valence-corrected chi connectivity index (χ4v) is 3.55. The zero-order valence-corrected chi connectivity index (χ0v) is 11.5. The highest BCUT2D eigenvalue weighted by molar-refractivity contribution is 8.00. The van der Waals surface area contributed by atoms with E-state index >= 15 is 0 Å². The third-order valence-corrected chi connectivity index (χ3v) is 5.35. The van der Waals surface area contributed by atoms with E-state index < -0.39 is 0 Å². The van der Waals surface area contributed by atoms with Crippen LogP contribution < -0.4 is 10.6 Å². The summed E-state index contributed by atoms with van der Waals surface area (Å²) < 4.78 is 0. The first-order chi connectivity index (χ1) is 8.25. The topological polar surface area (TPSA) is 41.1 Å². The molecule has 1 unspecified atom stereocenters. The molecule has 1 aliphatic carbocycles. The summed E-state index contributed by atoms with van der Waals surface area (Å²) >= 11 is 1.83. The van der Waals surface area contributed by atoms with E-state index in [1.165, 1.54) is 32.1 Å². The van der Waals surface area contributed by atoms with Gasteiger partial charge in [0.1, 0.15) is 0 Å². The van der Waals surface area contributed by atoms with Crippen molar-refractivity contribution in [2.24, 2.45) is 5.92 Å². The predicted molar refractivity (Wildman–Crippen MR) is 73.3 cm³/mol. The van der Waals surface area contributed by atoms with Gasteiger partial charge in [-0.05, 0) is 51.6 Å². The second-order valence-corrected chi connectivity index (χ2v) is 6.60. The smallest absolute Gasteiger partial charge is 0.230 e. The van der Waals surface area contributed by atoms with Gasteiger partial charge in [-0.3, -0.25) is 4.79 Å². The SMILES string of the molecule is CC(NC(=O)CSC1CCNCC1)C1CCC1. The first kappa shape index (κ1) is 13.2. The monoisotopic (exact) mass is 256 g/mol. The molecule has 3 nitrogen and oxygen atoms in total. The summed E-state index contributed by atoms with van der Waals surface area (Å²) in [6.45, 7) is 4.37. The van der Waals surface area contributed by atoms with Crippen LogP contribution >= 0.6 is 11.8 Å². The van der Waals surface area contributed by atoms with Gasteiger partial charge in [-0.1, -0.05) is 6.42 Å². The zero-order chi connectivity index (χ0) is 12.1. The molecule has 1 aliphatic heterocycles. The summed E-state index contributed by atoms with van der Waals surface area (Å²) in [6, 6.07) is 0.380. The number of carbonyl (C=O) groups excluding carboxylic acids is 1. The normalized spacial score (nSPS) is 24.1. The summed E-state index contributed by atoms with van der Waals surface area (Å²) in [6.07, 6.45) is 6.34. The highest BCUT2D eigenvalue weighted by Gasteiger charge is 2.25. The van der Waals surface area contributed by atoms with Gasteiger partial charge in [0.25, 0.3) is 0 Å². The Morgan fingerprint density at radius 1 is 1.35 bits per heavy atom. The lowest BCUT2D eigenvalue weighted by molar-refractivity contribution is -0.119. The molecule has 0 aromatic carbocycles. The Morgan fingerprint density at radius 2 is 2.06 bits per heavy atom. The number of piperidine rings is 1. The van der Waals surface area contributed by atoms with Gasteiger partial charge in [0.15, 0.2) is 0 Å². The maximum atomic E-state index is 11.8. The van der Waals surface area contributed by atoms with E-state index in [1.807, 2.05) is 11.8 Å². The lowest BCUT2D eigenvalue weighted by Crippen LogP contribution is -2.41. The molecule has 1 saturated carbocycles. The summed E-state index contributed by atoms with van der Waals surface area (Å²) in [5.74, 6) is 1.61. The molecule has 0 spiro atoms. The van der Waals surface area contributed by atoms with E-state index in [4.69, 9.17) is 0 Å². The Bertz CT molecular complexity index is 250. The second-order valence-electron chi connectivity index (χ2n) is 5.31. The van der Waals surface area contributed by atoms with E-state index in [1.54, 1.807) is 0 Å². The Labute approximate surface area is 108 Å². The lowest BCUT2D eigenvalue weighted by Gasteiger charge is -2.32. The van der Waals surface area contributed by atoms with Gasteiger partial charge in [-0.25, -0.2) is 0 Å². The number of rotatable bonds is 5. The van der Waals surface area contributed by atoms with Crippen molar-refractivity contribution in [2.75, 3.05) is 18.8 Å². The number of hydrogen-bond acceptors (Lipinski definition) is 3. The van der Waals surface area contributed by atoms with Gasteiger partial charge < -0.3 is 10.6 Å². The van der Waals surface area contributed by atoms with Crippen molar-refractivity contribution < 1.29 is 4.79 Å². The minimum Gasteiger partial charge on any atom is -0.353 e. The molecule has 0 aromatic heterocycles. The molecule has 0 bridgehead atoms. The van der Waals surface area contributed by atoms with E-state index in [9.17, 15) is 4.79 Å². The fraction of sp³-hybridized carbons (Fsp3) is 0.923. The Hall–Kier alpha value is -0.220. The number of nitrogens with one attached hydrogen (secondary N) is 2. The van der Waals surface area contributed by atoms with Crippen LogP contribution in [0.5, 0.6) is 0 Å². The van der Waals surface area contributed by atoms with Crippen LogP contribution in [0.25, 0.3) is 0 Å². The fourth-order valence-electron chi connectivity index (χ4n) is 2.51. The van der Waals surface area contributed by atoms with Gasteiger partial charge >= 0.3 is 0 Å².